The zero-order valence-electron chi connectivity index (χ0n) is 76.2. The van der Waals surface area contributed by atoms with Crippen LogP contribution >= 0.6 is 0 Å². The highest BCUT2D eigenvalue weighted by molar-refractivity contribution is 7.20. The van der Waals surface area contributed by atoms with Gasteiger partial charge in [-0.2, -0.15) is 0 Å². The van der Waals surface area contributed by atoms with Crippen LogP contribution in [-0.4, -0.2) is 34.4 Å². The van der Waals surface area contributed by atoms with Gasteiger partial charge in [0.2, 0.25) is 0 Å². The third kappa shape index (κ3) is 12.6. The van der Waals surface area contributed by atoms with Gasteiger partial charge < -0.3 is 18.3 Å². The summed E-state index contributed by atoms with van der Waals surface area (Å²) in [6, 6.07) is 124. The van der Waals surface area contributed by atoms with Crippen molar-refractivity contribution in [3.8, 4) is 22.7 Å². The van der Waals surface area contributed by atoms with Gasteiger partial charge in [-0.15, -0.1) is 0 Å². The van der Waals surface area contributed by atoms with Gasteiger partial charge in [-0.1, -0.05) is 356 Å². The monoisotopic (exact) mass is 1560 g/mol. The Morgan fingerprint density at radius 2 is 0.517 bits per heavy atom. The maximum Gasteiger partial charge on any atom is 0.179 e. The zero-order chi connectivity index (χ0) is 87.1. The Morgan fingerprint density at radius 1 is 0.212 bits per heavy atom. The van der Waals surface area contributed by atoms with Crippen LogP contribution in [0.25, 0.3) is 110 Å². The molecule has 0 radical (unpaired) electrons. The molecule has 0 fully saturated rings. The number of nitrogens with zero attached hydrogens (tertiary/aromatic N) is 4. The van der Waals surface area contributed by atoms with Gasteiger partial charge in [-0.25, -0.2) is 0 Å². The standard InChI is InChI=1S/2C56H50N2Si/c1-55(2,3)39-32-34-50-47(36-39)48-37-40(56(4,5)6)33-35-51(48)58(50)53-31-19-30-52-54(53)46-28-16-17-29-49(46)57(52)41-20-18-27-45(38-41)59(42-21-10-7-11-22-42,43-23-12-8-13-24-43)44-25-14-9-15-26-44;1-55(2,3)39-29-32-52-48(35-39)49-36-40(56(4,5)6)30-33-53(49)58(52)42-31-34-54-50(38-42)47-27-16-17-28-51(47)57(54)41-19-18-26-46(37-41)59(43-20-10-7-11-21-43,44-22-12-8-13-23-44)45-24-14-9-15-25-45/h2*7-38H,1-6H3/i;16D,17D,27D,28D,31D,34D,38D. The normalized spacial score (nSPS) is 13.4. The van der Waals surface area contributed by atoms with Crippen LogP contribution in [0.15, 0.2) is 388 Å². The molecule has 0 saturated heterocycles. The molecule has 118 heavy (non-hydrogen) atoms. The highest BCUT2D eigenvalue weighted by Crippen LogP contribution is 2.44. The molecule has 0 N–H and O–H groups in total. The third-order valence-corrected chi connectivity index (χ3v) is 34.1. The summed E-state index contributed by atoms with van der Waals surface area (Å²) in [5, 5.41) is 17.3. The number of aromatic nitrogens is 4. The van der Waals surface area contributed by atoms with Crippen LogP contribution < -0.4 is 41.5 Å². The molecule has 20 rings (SSSR count). The van der Waals surface area contributed by atoms with Crippen molar-refractivity contribution in [1.82, 2.24) is 18.3 Å². The number of rotatable bonds is 12. The summed E-state index contributed by atoms with van der Waals surface area (Å²) in [5.74, 6) is 0. The predicted octanol–water partition coefficient (Wildman–Crippen LogP) is 23.7. The Hall–Kier alpha value is -12.8. The van der Waals surface area contributed by atoms with Crippen LogP contribution in [0.5, 0.6) is 0 Å². The van der Waals surface area contributed by atoms with E-state index in [4.69, 9.17) is 2.74 Å². The lowest BCUT2D eigenvalue weighted by Crippen LogP contribution is -2.74. The van der Waals surface area contributed by atoms with Crippen LogP contribution in [0.4, 0.5) is 0 Å². The lowest BCUT2D eigenvalue weighted by atomic mass is 9.85. The summed E-state index contributed by atoms with van der Waals surface area (Å²) in [5.41, 5.74) is 14.6. The van der Waals surface area contributed by atoms with E-state index >= 15 is 0 Å². The first-order valence-electron chi connectivity index (χ1n) is 44.8. The first-order chi connectivity index (χ1) is 60.0. The Labute approximate surface area is 706 Å². The average molecular weight is 1570 g/mol. The number of hydrogen-bond acceptors (Lipinski definition) is 0. The van der Waals surface area contributed by atoms with Crippen LogP contribution in [-0.2, 0) is 21.7 Å². The maximum atomic E-state index is 10.2. The number of benzene rings is 16. The van der Waals surface area contributed by atoms with Crippen molar-refractivity contribution in [2.75, 3.05) is 0 Å². The van der Waals surface area contributed by atoms with Gasteiger partial charge in [-0.05, 0) is 201 Å². The van der Waals surface area contributed by atoms with Crippen molar-refractivity contribution in [1.29, 1.82) is 0 Å². The second-order valence-corrected chi connectivity index (χ2v) is 43.5. The molecule has 0 atom stereocenters. The van der Waals surface area contributed by atoms with Gasteiger partial charge in [0, 0.05) is 60.2 Å². The van der Waals surface area contributed by atoms with Crippen LogP contribution in [0.3, 0.4) is 0 Å². The highest BCUT2D eigenvalue weighted by Gasteiger charge is 2.43. The second kappa shape index (κ2) is 29.1. The van der Waals surface area contributed by atoms with Gasteiger partial charge >= 0.3 is 0 Å². The van der Waals surface area contributed by atoms with Crippen molar-refractivity contribution in [3.63, 3.8) is 0 Å². The summed E-state index contributed by atoms with van der Waals surface area (Å²) in [6.07, 6.45) is 0. The Morgan fingerprint density at radius 3 is 0.907 bits per heavy atom. The van der Waals surface area contributed by atoms with Gasteiger partial charge in [0.05, 0.1) is 59.4 Å². The first-order valence-corrected chi connectivity index (χ1v) is 45.3. The van der Waals surface area contributed by atoms with E-state index in [2.05, 4.69) is 396 Å². The molecule has 0 aliphatic carbocycles. The van der Waals surface area contributed by atoms with Crippen molar-refractivity contribution in [3.05, 3.63) is 410 Å². The topological polar surface area (TPSA) is 19.7 Å². The number of para-hydroxylation sites is 2. The summed E-state index contributed by atoms with van der Waals surface area (Å²) in [4.78, 5) is 0. The minimum absolute atomic E-state index is 0.0359. The second-order valence-electron chi connectivity index (χ2n) is 35.9. The lowest BCUT2D eigenvalue weighted by Gasteiger charge is -2.34. The van der Waals surface area contributed by atoms with Gasteiger partial charge in [-0.3, -0.25) is 0 Å². The molecule has 0 saturated carbocycles. The molecule has 0 aliphatic heterocycles. The van der Waals surface area contributed by atoms with Crippen LogP contribution in [0.1, 0.15) is 115 Å². The van der Waals surface area contributed by atoms with Gasteiger partial charge in [0.15, 0.2) is 16.1 Å². The van der Waals surface area contributed by atoms with Crippen molar-refractivity contribution in [2.24, 2.45) is 0 Å². The molecule has 0 aliphatic rings. The molecular formula is C112H100N4Si2. The summed E-state index contributed by atoms with van der Waals surface area (Å²) in [6.45, 7) is 26.9. The SMILES string of the molecule is CC(C)(C)c1ccc2c(c1)c1cc(C(C)(C)C)ccc1n2-c1cccc2c1c1ccccc1n2-c1cccc([Si](c2ccccc2)(c2ccccc2)c2ccccc2)c1.[2H]c1c([2H])c([2H])c2c(c1[2H])c1c([2H])c(-n3c4ccc(C(C)(C)C)cc4c4cc(C(C)(C)C)ccc43)c([2H])c([2H])c1n2-c1cccc([Si](c2ccccc2)(c2ccccc2)c2ccccc2)c1. The van der Waals surface area contributed by atoms with Gasteiger partial charge in [0.1, 0.15) is 0 Å². The van der Waals surface area contributed by atoms with Crippen molar-refractivity contribution >= 4 is 145 Å². The number of hydrogen-bond donors (Lipinski definition) is 0. The van der Waals surface area contributed by atoms with E-state index in [-0.39, 0.29) is 79.4 Å². The third-order valence-electron chi connectivity index (χ3n) is 24.6. The fraction of sp³-hybridized carbons (Fsp3) is 0.143. The fourth-order valence-corrected chi connectivity index (χ4v) is 28.2. The van der Waals surface area contributed by atoms with E-state index in [1.54, 1.807) is 4.57 Å². The van der Waals surface area contributed by atoms with E-state index < -0.39 is 28.2 Å². The molecule has 0 unspecified atom stereocenters. The molecule has 4 nitrogen and oxygen atoms in total. The molecule has 576 valence electrons. The van der Waals surface area contributed by atoms with E-state index in [1.165, 1.54) is 81.2 Å². The fourth-order valence-electron chi connectivity index (χ4n) is 18.6. The Balaban J connectivity index is 0.000000165. The molecule has 0 amide bonds. The van der Waals surface area contributed by atoms with E-state index in [1.807, 2.05) is 47.0 Å². The molecule has 4 aromatic heterocycles. The molecule has 16 aromatic carbocycles. The van der Waals surface area contributed by atoms with Crippen molar-refractivity contribution in [2.45, 2.75) is 105 Å². The smallest absolute Gasteiger partial charge is 0.179 e. The van der Waals surface area contributed by atoms with Crippen LogP contribution in [0.2, 0.25) is 0 Å². The Kier molecular flexibility index (Phi) is 16.6. The largest absolute Gasteiger partial charge is 0.309 e. The molecule has 0 bridgehead atoms. The zero-order valence-corrected chi connectivity index (χ0v) is 71.2. The van der Waals surface area contributed by atoms with E-state index in [0.717, 1.165) is 59.4 Å². The average Bonchev–Trinajstić information content (AvgIpc) is 1.54. The molecule has 20 aromatic rings. The molecule has 0 spiro atoms. The molecule has 6 heteroatoms. The number of fused-ring (bicyclic) bond motifs is 12. The summed E-state index contributed by atoms with van der Waals surface area (Å²) >= 11 is 0. The summed E-state index contributed by atoms with van der Waals surface area (Å²) in [7, 11) is -5.83. The van der Waals surface area contributed by atoms with E-state index in [0.29, 0.717) is 5.69 Å². The quantitative estimate of drug-likeness (QED) is 0.0858. The minimum atomic E-state index is -3.08. The highest BCUT2D eigenvalue weighted by atomic mass is 28.3. The van der Waals surface area contributed by atoms with Crippen molar-refractivity contribution < 1.29 is 9.60 Å². The Bertz CT molecular complexity index is 7300. The summed E-state index contributed by atoms with van der Waals surface area (Å²) < 4.78 is 75.7. The van der Waals surface area contributed by atoms with Gasteiger partial charge in [0.25, 0.3) is 0 Å². The first kappa shape index (κ1) is 67.3. The van der Waals surface area contributed by atoms with Crippen LogP contribution in [0, 0.1) is 0 Å². The molecular weight excluding hydrogens is 1460 g/mol. The lowest BCUT2D eigenvalue weighted by molar-refractivity contribution is 0.590. The molecule has 4 heterocycles. The van der Waals surface area contributed by atoms with E-state index in [9.17, 15) is 6.85 Å². The maximum absolute atomic E-state index is 10.2. The predicted molar refractivity (Wildman–Crippen MR) is 512 cm³/mol. The minimum Gasteiger partial charge on any atom is -0.309 e.